The van der Waals surface area contributed by atoms with Gasteiger partial charge >= 0.3 is 5.97 Å². The van der Waals surface area contributed by atoms with E-state index in [1.165, 1.54) is 6.07 Å². The lowest BCUT2D eigenvalue weighted by Gasteiger charge is -2.04. The van der Waals surface area contributed by atoms with Crippen LogP contribution in [0, 0.1) is 0 Å². The fourth-order valence-electron chi connectivity index (χ4n) is 0.828. The molecule has 0 spiro atoms. The van der Waals surface area contributed by atoms with Crippen LogP contribution in [0.25, 0.3) is 0 Å². The molecule has 1 N–H and O–H groups in total. The molecule has 0 unspecified atom stereocenters. The lowest BCUT2D eigenvalue weighted by Crippen LogP contribution is -2.01. The van der Waals surface area contributed by atoms with Crippen molar-refractivity contribution in [1.82, 2.24) is 0 Å². The van der Waals surface area contributed by atoms with Crippen molar-refractivity contribution < 1.29 is 14.6 Å². The highest BCUT2D eigenvalue weighted by molar-refractivity contribution is 6.17. The summed E-state index contributed by atoms with van der Waals surface area (Å²) in [5.74, 6) is -0.726. The molecule has 64 valence electrons. The lowest BCUT2D eigenvalue weighted by atomic mass is 10.2. The molecule has 0 bridgehead atoms. The number of carbonyl (C=O) groups is 1. The van der Waals surface area contributed by atoms with Gasteiger partial charge in [-0.25, -0.2) is 4.79 Å². The van der Waals surface area contributed by atoms with Crippen LogP contribution < -0.4 is 4.74 Å². The molecule has 4 heteroatoms. The van der Waals surface area contributed by atoms with Crippen LogP contribution in [0.3, 0.4) is 0 Å². The van der Waals surface area contributed by atoms with Gasteiger partial charge in [0.15, 0.2) is 6.07 Å². The fraction of sp³-hybridized carbons (Fsp3) is 0.125. The molecule has 0 heterocycles. The Balaban J connectivity index is 3.00. The minimum absolute atomic E-state index is 0.0513. The second-order valence-corrected chi connectivity index (χ2v) is 2.27. The van der Waals surface area contributed by atoms with E-state index in [4.69, 9.17) is 21.4 Å². The Labute approximate surface area is 74.5 Å². The van der Waals surface area contributed by atoms with Crippen molar-refractivity contribution in [1.29, 1.82) is 0 Å². The molecule has 0 fully saturated rings. The first kappa shape index (κ1) is 8.87. The van der Waals surface area contributed by atoms with E-state index in [-0.39, 0.29) is 11.6 Å². The summed E-state index contributed by atoms with van der Waals surface area (Å²) >= 11 is 5.30. The van der Waals surface area contributed by atoms with Gasteiger partial charge in [-0.15, -0.1) is 0 Å². The molecule has 0 aromatic heterocycles. The molecule has 0 saturated heterocycles. The summed E-state index contributed by atoms with van der Waals surface area (Å²) in [6, 6.07) is 6.29. The lowest BCUT2D eigenvalue weighted by molar-refractivity contribution is 0.0693. The van der Waals surface area contributed by atoms with Crippen molar-refractivity contribution in [2.45, 2.75) is 0 Å². The van der Waals surface area contributed by atoms with Crippen LogP contribution in [0.5, 0.6) is 5.75 Å². The highest BCUT2D eigenvalue weighted by atomic mass is 35.5. The van der Waals surface area contributed by atoms with E-state index in [2.05, 4.69) is 0 Å². The molecule has 3 nitrogen and oxygen atoms in total. The number of hydrogen-bond donors (Lipinski definition) is 1. The van der Waals surface area contributed by atoms with Crippen LogP contribution in [-0.2, 0) is 0 Å². The number of para-hydroxylation sites is 1. The van der Waals surface area contributed by atoms with Crippen molar-refractivity contribution in [3.8, 4) is 5.75 Å². The summed E-state index contributed by atoms with van der Waals surface area (Å²) in [4.78, 5) is 10.6. The number of aromatic carboxylic acids is 1. The van der Waals surface area contributed by atoms with E-state index < -0.39 is 5.97 Å². The van der Waals surface area contributed by atoms with Crippen LogP contribution in [0.4, 0.5) is 0 Å². The number of ether oxygens (including phenoxy) is 1. The first-order chi connectivity index (χ1) is 5.75. The molecule has 0 aliphatic carbocycles. The number of alkyl halides is 1. The van der Waals surface area contributed by atoms with Gasteiger partial charge in [0.25, 0.3) is 0 Å². The Morgan fingerprint density at radius 2 is 2.17 bits per heavy atom. The molecule has 0 radical (unpaired) electrons. The van der Waals surface area contributed by atoms with E-state index in [1.54, 1.807) is 18.2 Å². The van der Waals surface area contributed by atoms with Gasteiger partial charge < -0.3 is 9.84 Å². The van der Waals surface area contributed by atoms with Crippen molar-refractivity contribution >= 4 is 17.6 Å². The van der Waals surface area contributed by atoms with Gasteiger partial charge in [-0.3, -0.25) is 0 Å². The predicted octanol–water partition coefficient (Wildman–Crippen LogP) is 1.96. The molecule has 12 heavy (non-hydrogen) atoms. The first-order valence-electron chi connectivity index (χ1n) is 3.27. The Kier molecular flexibility index (Phi) is 2.94. The third kappa shape index (κ3) is 1.89. The van der Waals surface area contributed by atoms with Crippen LogP contribution in [-0.4, -0.2) is 17.1 Å². The zero-order valence-corrected chi connectivity index (χ0v) is 6.91. The zero-order valence-electron chi connectivity index (χ0n) is 6.16. The van der Waals surface area contributed by atoms with Gasteiger partial charge in [0.2, 0.25) is 0 Å². The van der Waals surface area contributed by atoms with E-state index in [1.807, 2.05) is 0 Å². The molecule has 0 amide bonds. The van der Waals surface area contributed by atoms with Crippen molar-refractivity contribution in [3.05, 3.63) is 29.8 Å². The maximum Gasteiger partial charge on any atom is 0.339 e. The molecular weight excluding hydrogens is 180 g/mol. The van der Waals surface area contributed by atoms with E-state index in [0.29, 0.717) is 5.75 Å². The third-order valence-corrected chi connectivity index (χ3v) is 1.44. The molecule has 1 aromatic rings. The monoisotopic (exact) mass is 186 g/mol. The van der Waals surface area contributed by atoms with Crippen LogP contribution in [0.1, 0.15) is 10.4 Å². The van der Waals surface area contributed by atoms with Crippen molar-refractivity contribution in [3.63, 3.8) is 0 Å². The first-order valence-corrected chi connectivity index (χ1v) is 3.80. The van der Waals surface area contributed by atoms with E-state index >= 15 is 0 Å². The number of carboxylic acids is 1. The van der Waals surface area contributed by atoms with Gasteiger partial charge in [0, 0.05) is 0 Å². The number of carboxylic acid groups (broad SMARTS) is 1. The van der Waals surface area contributed by atoms with E-state index in [0.717, 1.165) is 0 Å². The zero-order chi connectivity index (χ0) is 8.97. The van der Waals surface area contributed by atoms with Crippen molar-refractivity contribution in [2.24, 2.45) is 0 Å². The topological polar surface area (TPSA) is 46.5 Å². The normalized spacial score (nSPS) is 9.42. The third-order valence-electron chi connectivity index (χ3n) is 1.33. The maximum atomic E-state index is 10.6. The summed E-state index contributed by atoms with van der Waals surface area (Å²) in [6.07, 6.45) is 0. The molecule has 0 saturated carbocycles. The predicted molar refractivity (Wildman–Crippen MR) is 44.7 cm³/mol. The Hall–Kier alpha value is -1.22. The summed E-state index contributed by atoms with van der Waals surface area (Å²) in [5, 5.41) is 8.67. The molecular formula is C8H7ClO3. The van der Waals surface area contributed by atoms with Gasteiger partial charge in [0.1, 0.15) is 11.3 Å². The fourth-order valence-corrected chi connectivity index (χ4v) is 0.946. The average Bonchev–Trinajstić information content (AvgIpc) is 2.05. The second kappa shape index (κ2) is 3.97. The standard InChI is InChI=1S/C8H7ClO3/c9-5-12-7-4-2-1-3-6(7)8(10)11/h1-4H,5H2,(H,10,11). The minimum Gasteiger partial charge on any atom is -0.478 e. The van der Waals surface area contributed by atoms with Gasteiger partial charge in [-0.2, -0.15) is 0 Å². The largest absolute Gasteiger partial charge is 0.478 e. The Morgan fingerprint density at radius 3 is 2.75 bits per heavy atom. The SMILES string of the molecule is O=C(O)c1ccccc1OCCl. The Morgan fingerprint density at radius 1 is 1.50 bits per heavy atom. The molecule has 1 rings (SSSR count). The number of rotatable bonds is 3. The molecule has 1 aromatic carbocycles. The molecule has 0 aliphatic rings. The van der Waals surface area contributed by atoms with Crippen LogP contribution in [0.15, 0.2) is 24.3 Å². The second-order valence-electron chi connectivity index (χ2n) is 2.05. The number of halogens is 1. The van der Waals surface area contributed by atoms with Gasteiger partial charge in [0.05, 0.1) is 0 Å². The average molecular weight is 187 g/mol. The summed E-state index contributed by atoms with van der Waals surface area (Å²) in [7, 11) is 0. The summed E-state index contributed by atoms with van der Waals surface area (Å²) in [5.41, 5.74) is 0.123. The van der Waals surface area contributed by atoms with Gasteiger partial charge in [-0.05, 0) is 12.1 Å². The summed E-state index contributed by atoms with van der Waals surface area (Å²) in [6.45, 7) is 0. The van der Waals surface area contributed by atoms with E-state index in [9.17, 15) is 4.79 Å². The minimum atomic E-state index is -1.02. The highest BCUT2D eigenvalue weighted by Gasteiger charge is 2.08. The summed E-state index contributed by atoms with van der Waals surface area (Å²) < 4.78 is 4.88. The van der Waals surface area contributed by atoms with Crippen molar-refractivity contribution in [2.75, 3.05) is 6.07 Å². The molecule has 0 aliphatic heterocycles. The maximum absolute atomic E-state index is 10.6. The van der Waals surface area contributed by atoms with Crippen LogP contribution >= 0.6 is 11.6 Å². The smallest absolute Gasteiger partial charge is 0.339 e. The van der Waals surface area contributed by atoms with Crippen LogP contribution in [0.2, 0.25) is 0 Å². The number of hydrogen-bond acceptors (Lipinski definition) is 2. The Bertz CT molecular complexity index is 285. The molecule has 0 atom stereocenters. The highest BCUT2D eigenvalue weighted by Crippen LogP contribution is 2.17. The number of benzene rings is 1. The van der Waals surface area contributed by atoms with Gasteiger partial charge in [-0.1, -0.05) is 23.7 Å². The quantitative estimate of drug-likeness (QED) is 0.734.